The summed E-state index contributed by atoms with van der Waals surface area (Å²) in [5.74, 6) is 0.533. The van der Waals surface area contributed by atoms with Crippen LogP contribution in [0.25, 0.3) is 0 Å². The molecule has 0 aromatic heterocycles. The quantitative estimate of drug-likeness (QED) is 0.759. The highest BCUT2D eigenvalue weighted by Crippen LogP contribution is 2.19. The lowest BCUT2D eigenvalue weighted by Crippen LogP contribution is -2.45. The number of piperidine rings is 1. The Bertz CT molecular complexity index is 372. The molecule has 0 aliphatic carbocycles. The van der Waals surface area contributed by atoms with E-state index in [-0.39, 0.29) is 23.9 Å². The summed E-state index contributed by atoms with van der Waals surface area (Å²) >= 11 is 0. The van der Waals surface area contributed by atoms with Gasteiger partial charge in [-0.2, -0.15) is 0 Å². The number of imide groups is 1. The first-order valence-electron chi connectivity index (χ1n) is 7.80. The fourth-order valence-corrected chi connectivity index (χ4v) is 3.20. The lowest BCUT2D eigenvalue weighted by molar-refractivity contribution is -0.141. The van der Waals surface area contributed by atoms with Gasteiger partial charge in [0.2, 0.25) is 11.8 Å². The van der Waals surface area contributed by atoms with Crippen LogP contribution < -0.4 is 5.32 Å². The second kappa shape index (κ2) is 6.68. The van der Waals surface area contributed by atoms with Gasteiger partial charge < -0.3 is 10.2 Å². The first kappa shape index (κ1) is 15.4. The van der Waals surface area contributed by atoms with Crippen LogP contribution in [0.15, 0.2) is 0 Å². The normalized spacial score (nSPS) is 30.1. The third-order valence-corrected chi connectivity index (χ3v) is 4.59. The molecule has 0 spiro atoms. The summed E-state index contributed by atoms with van der Waals surface area (Å²) in [6, 6.07) is -0.286. The average Bonchev–Trinajstić information content (AvgIpc) is 2.70. The van der Waals surface area contributed by atoms with E-state index in [0.29, 0.717) is 12.3 Å². The van der Waals surface area contributed by atoms with Gasteiger partial charge in [0.25, 0.3) is 0 Å². The smallest absolute Gasteiger partial charge is 0.247 e. The predicted octanol–water partition coefficient (Wildman–Crippen LogP) is 0.844. The van der Waals surface area contributed by atoms with Crippen molar-refractivity contribution in [3.8, 4) is 0 Å². The van der Waals surface area contributed by atoms with Gasteiger partial charge in [-0.25, -0.2) is 0 Å². The minimum Gasteiger partial charge on any atom is -0.306 e. The summed E-state index contributed by atoms with van der Waals surface area (Å²) in [6.45, 7) is 7.02. The van der Waals surface area contributed by atoms with Gasteiger partial charge in [0.15, 0.2) is 0 Å². The molecule has 2 aliphatic rings. The SMILES string of the molecule is CCC(C)N1C(=O)CC(NCC2CCCN(C)C2)C1=O. The summed E-state index contributed by atoms with van der Waals surface area (Å²) < 4.78 is 0. The third-order valence-electron chi connectivity index (χ3n) is 4.59. The molecule has 2 aliphatic heterocycles. The molecule has 2 fully saturated rings. The van der Waals surface area contributed by atoms with Crippen molar-refractivity contribution in [1.29, 1.82) is 0 Å². The number of nitrogens with one attached hydrogen (secondary N) is 1. The number of amides is 2. The van der Waals surface area contributed by atoms with Gasteiger partial charge in [-0.3, -0.25) is 14.5 Å². The maximum Gasteiger partial charge on any atom is 0.247 e. The Kier molecular flexibility index (Phi) is 5.16. The zero-order chi connectivity index (χ0) is 14.7. The Hall–Kier alpha value is -0.940. The minimum atomic E-state index is -0.302. The molecule has 3 unspecified atom stereocenters. The molecule has 2 saturated heterocycles. The van der Waals surface area contributed by atoms with E-state index in [2.05, 4.69) is 17.3 Å². The van der Waals surface area contributed by atoms with Crippen molar-refractivity contribution < 1.29 is 9.59 Å². The molecule has 2 rings (SSSR count). The summed E-state index contributed by atoms with van der Waals surface area (Å²) in [7, 11) is 2.14. The molecule has 0 radical (unpaired) electrons. The molecule has 2 heterocycles. The van der Waals surface area contributed by atoms with Crippen molar-refractivity contribution >= 4 is 11.8 Å². The van der Waals surface area contributed by atoms with Crippen LogP contribution in [0.3, 0.4) is 0 Å². The Morgan fingerprint density at radius 3 is 2.80 bits per heavy atom. The van der Waals surface area contributed by atoms with Gasteiger partial charge in [0.05, 0.1) is 12.5 Å². The molecule has 20 heavy (non-hydrogen) atoms. The number of likely N-dealkylation sites (tertiary alicyclic amines) is 2. The molecular weight excluding hydrogens is 254 g/mol. The molecular formula is C15H27N3O2. The number of carbonyl (C=O) groups is 2. The number of carbonyl (C=O) groups excluding carboxylic acids is 2. The van der Waals surface area contributed by atoms with Crippen molar-refractivity contribution in [3.05, 3.63) is 0 Å². The Morgan fingerprint density at radius 2 is 2.15 bits per heavy atom. The lowest BCUT2D eigenvalue weighted by atomic mass is 9.98. The van der Waals surface area contributed by atoms with Crippen LogP contribution in [0.1, 0.15) is 39.5 Å². The largest absolute Gasteiger partial charge is 0.306 e. The van der Waals surface area contributed by atoms with Crippen LogP contribution in [0.4, 0.5) is 0 Å². The molecule has 5 nitrogen and oxygen atoms in total. The maximum atomic E-state index is 12.3. The summed E-state index contributed by atoms with van der Waals surface area (Å²) in [5, 5.41) is 3.32. The van der Waals surface area contributed by atoms with Crippen molar-refractivity contribution in [2.45, 2.75) is 51.6 Å². The first-order valence-corrected chi connectivity index (χ1v) is 7.80. The number of hydrogen-bond donors (Lipinski definition) is 1. The van der Waals surface area contributed by atoms with Crippen molar-refractivity contribution in [3.63, 3.8) is 0 Å². The Balaban J connectivity index is 1.85. The third kappa shape index (κ3) is 3.38. The van der Waals surface area contributed by atoms with E-state index in [0.717, 1.165) is 19.5 Å². The van der Waals surface area contributed by atoms with Crippen molar-refractivity contribution in [1.82, 2.24) is 15.1 Å². The molecule has 114 valence electrons. The highest BCUT2D eigenvalue weighted by Gasteiger charge is 2.40. The van der Waals surface area contributed by atoms with Gasteiger partial charge >= 0.3 is 0 Å². The number of nitrogens with zero attached hydrogens (tertiary/aromatic N) is 2. The van der Waals surface area contributed by atoms with E-state index in [4.69, 9.17) is 0 Å². The number of hydrogen-bond acceptors (Lipinski definition) is 4. The van der Waals surface area contributed by atoms with Gasteiger partial charge in [-0.05, 0) is 52.2 Å². The highest BCUT2D eigenvalue weighted by molar-refractivity contribution is 6.05. The topological polar surface area (TPSA) is 52.7 Å². The molecule has 5 heteroatoms. The zero-order valence-electron chi connectivity index (χ0n) is 12.9. The molecule has 0 saturated carbocycles. The summed E-state index contributed by atoms with van der Waals surface area (Å²) in [4.78, 5) is 28.0. The molecule has 3 atom stereocenters. The van der Waals surface area contributed by atoms with Gasteiger partial charge in [0.1, 0.15) is 0 Å². The first-order chi connectivity index (χ1) is 9.52. The lowest BCUT2D eigenvalue weighted by Gasteiger charge is -2.30. The molecule has 0 aromatic rings. The zero-order valence-corrected chi connectivity index (χ0v) is 12.9. The van der Waals surface area contributed by atoms with Crippen molar-refractivity contribution in [2.24, 2.45) is 5.92 Å². The van der Waals surface area contributed by atoms with Crippen LogP contribution >= 0.6 is 0 Å². The van der Waals surface area contributed by atoms with Crippen LogP contribution in [0.5, 0.6) is 0 Å². The molecule has 2 amide bonds. The van der Waals surface area contributed by atoms with E-state index in [9.17, 15) is 9.59 Å². The summed E-state index contributed by atoms with van der Waals surface area (Å²) in [6.07, 6.45) is 3.57. The van der Waals surface area contributed by atoms with Crippen molar-refractivity contribution in [2.75, 3.05) is 26.7 Å². The highest BCUT2D eigenvalue weighted by atomic mass is 16.2. The average molecular weight is 281 g/mol. The Labute approximate surface area is 121 Å². The minimum absolute atomic E-state index is 0.0163. The summed E-state index contributed by atoms with van der Waals surface area (Å²) in [5.41, 5.74) is 0. The number of rotatable bonds is 5. The van der Waals surface area contributed by atoms with Crippen LogP contribution in [-0.4, -0.2) is 60.4 Å². The van der Waals surface area contributed by atoms with E-state index < -0.39 is 0 Å². The second-order valence-corrected chi connectivity index (χ2v) is 6.29. The van der Waals surface area contributed by atoms with E-state index in [1.165, 1.54) is 24.3 Å². The fourth-order valence-electron chi connectivity index (χ4n) is 3.20. The van der Waals surface area contributed by atoms with Gasteiger partial charge in [-0.1, -0.05) is 6.92 Å². The monoisotopic (exact) mass is 281 g/mol. The van der Waals surface area contributed by atoms with Crippen LogP contribution in [-0.2, 0) is 9.59 Å². The predicted molar refractivity (Wildman–Crippen MR) is 78.2 cm³/mol. The van der Waals surface area contributed by atoms with Gasteiger partial charge in [0, 0.05) is 12.6 Å². The standard InChI is InChI=1S/C15H27N3O2/c1-4-11(2)18-14(19)8-13(15(18)20)16-9-12-6-5-7-17(3)10-12/h11-13,16H,4-10H2,1-3H3. The molecule has 0 bridgehead atoms. The molecule has 0 aromatic carbocycles. The van der Waals surface area contributed by atoms with Crippen LogP contribution in [0.2, 0.25) is 0 Å². The Morgan fingerprint density at radius 1 is 1.40 bits per heavy atom. The van der Waals surface area contributed by atoms with Gasteiger partial charge in [-0.15, -0.1) is 0 Å². The maximum absolute atomic E-state index is 12.3. The van der Waals surface area contributed by atoms with Crippen LogP contribution in [0, 0.1) is 5.92 Å². The van der Waals surface area contributed by atoms with E-state index in [1.807, 2.05) is 13.8 Å². The second-order valence-electron chi connectivity index (χ2n) is 6.29. The van der Waals surface area contributed by atoms with E-state index in [1.54, 1.807) is 0 Å². The fraction of sp³-hybridized carbons (Fsp3) is 0.867. The molecule has 1 N–H and O–H groups in total. The van der Waals surface area contributed by atoms with E-state index >= 15 is 0 Å².